The molecule has 0 unspecified atom stereocenters. The van der Waals surface area contributed by atoms with Gasteiger partial charge in [0.15, 0.2) is 4.90 Å². The van der Waals surface area contributed by atoms with E-state index in [-0.39, 0.29) is 6.07 Å². The van der Waals surface area contributed by atoms with Crippen molar-refractivity contribution in [2.24, 2.45) is 14.1 Å². The Morgan fingerprint density at radius 3 is 2.34 bits per heavy atom. The smallest absolute Gasteiger partial charge is 0.417 e. The number of nitrogens with zero attached hydrogens (tertiary/aromatic N) is 2. The summed E-state index contributed by atoms with van der Waals surface area (Å²) in [6, 6.07) is 2.82. The van der Waals surface area contributed by atoms with Gasteiger partial charge in [-0.15, -0.1) is 0 Å². The zero-order valence-corrected chi connectivity index (χ0v) is 15.5. The Morgan fingerprint density at radius 2 is 1.72 bits per heavy atom. The van der Waals surface area contributed by atoms with Crippen LogP contribution < -0.4 is 21.1 Å². The lowest BCUT2D eigenvalue weighted by Crippen LogP contribution is -2.39. The average molecular weight is 432 g/mol. The molecule has 1 aromatic carbocycles. The highest BCUT2D eigenvalue weighted by Crippen LogP contribution is 2.35. The lowest BCUT2D eigenvalue weighted by molar-refractivity contribution is -0.136. The number of alkyl halides is 3. The maximum absolute atomic E-state index is 13.1. The first-order chi connectivity index (χ1) is 13.3. The second-order valence-corrected chi connectivity index (χ2v) is 7.44. The molecule has 0 spiro atoms. The number of aromatic nitrogens is 2. The molecule has 0 N–H and O–H groups in total. The summed E-state index contributed by atoms with van der Waals surface area (Å²) in [5.41, 5.74) is -5.05. The van der Waals surface area contributed by atoms with Gasteiger partial charge in [0.1, 0.15) is 11.3 Å². The van der Waals surface area contributed by atoms with E-state index in [1.807, 2.05) is 0 Å². The number of aryl methyl sites for hydroxylation is 1. The van der Waals surface area contributed by atoms with E-state index in [4.69, 9.17) is 8.60 Å². The first kappa shape index (κ1) is 20.4. The van der Waals surface area contributed by atoms with E-state index in [2.05, 4.69) is 0 Å². The molecule has 3 aromatic rings. The molecule has 0 radical (unpaired) electrons. The Hall–Kier alpha value is -3.35. The summed E-state index contributed by atoms with van der Waals surface area (Å²) in [7, 11) is -2.48. The van der Waals surface area contributed by atoms with Gasteiger partial charge in [-0.25, -0.2) is 9.59 Å². The molecule has 0 saturated carbocycles. The van der Waals surface area contributed by atoms with Gasteiger partial charge in [-0.3, -0.25) is 9.36 Å². The van der Waals surface area contributed by atoms with Gasteiger partial charge >= 0.3 is 27.6 Å². The van der Waals surface area contributed by atoms with Gasteiger partial charge in [-0.1, -0.05) is 0 Å². The third kappa shape index (κ3) is 3.68. The molecule has 29 heavy (non-hydrogen) atoms. The van der Waals surface area contributed by atoms with Crippen LogP contribution in [0.15, 0.2) is 54.2 Å². The molecule has 13 heteroatoms. The molecule has 0 fully saturated rings. The van der Waals surface area contributed by atoms with Gasteiger partial charge in [-0.2, -0.15) is 21.6 Å². The number of hydrogen-bond acceptors (Lipinski definition) is 7. The predicted octanol–water partition coefficient (Wildman–Crippen LogP) is 0.977. The summed E-state index contributed by atoms with van der Waals surface area (Å²) in [6.07, 6.45) is -4.09. The van der Waals surface area contributed by atoms with Crippen molar-refractivity contribution in [3.63, 3.8) is 0 Å². The molecule has 0 aliphatic rings. The van der Waals surface area contributed by atoms with Crippen molar-refractivity contribution in [1.29, 1.82) is 0 Å². The minimum Gasteiger partial charge on any atom is -0.423 e. The van der Waals surface area contributed by atoms with Crippen molar-refractivity contribution in [2.75, 3.05) is 0 Å². The number of rotatable bonds is 3. The van der Waals surface area contributed by atoms with Crippen molar-refractivity contribution in [1.82, 2.24) is 9.13 Å². The second kappa shape index (κ2) is 6.62. The Balaban J connectivity index is 2.13. The number of benzene rings is 1. The summed E-state index contributed by atoms with van der Waals surface area (Å²) in [5.74, 6) is -0.504. The fourth-order valence-electron chi connectivity index (χ4n) is 2.55. The molecule has 0 aliphatic carbocycles. The fraction of sp³-hybridized carbons (Fsp3) is 0.188. The molecule has 0 aliphatic heterocycles. The standard InChI is InChI=1S/C16H11F3N2O7S/c1-20-7-12(14(23)21(2)15(20)24)29(25,26)28-8-3-4-9-10(16(17,18)19)6-13(22)27-11(9)5-8/h3-7H,1-2H3. The quantitative estimate of drug-likeness (QED) is 0.447. The molecule has 0 amide bonds. The molecular weight excluding hydrogens is 421 g/mol. The monoisotopic (exact) mass is 432 g/mol. The van der Waals surface area contributed by atoms with Gasteiger partial charge < -0.3 is 13.2 Å². The zero-order chi connectivity index (χ0) is 21.7. The molecule has 0 atom stereocenters. The van der Waals surface area contributed by atoms with E-state index in [0.717, 1.165) is 36.0 Å². The number of hydrogen-bond donors (Lipinski definition) is 0. The first-order valence-corrected chi connectivity index (χ1v) is 9.08. The van der Waals surface area contributed by atoms with E-state index in [0.29, 0.717) is 4.57 Å². The highest BCUT2D eigenvalue weighted by atomic mass is 32.2. The second-order valence-electron chi connectivity index (χ2n) is 5.92. The minimum absolute atomic E-state index is 0.272. The minimum atomic E-state index is -4.84. The van der Waals surface area contributed by atoms with Gasteiger partial charge in [0.05, 0.1) is 5.56 Å². The van der Waals surface area contributed by atoms with Crippen molar-refractivity contribution in [2.45, 2.75) is 11.1 Å². The highest BCUT2D eigenvalue weighted by Gasteiger charge is 2.34. The topological polar surface area (TPSA) is 118 Å². The Morgan fingerprint density at radius 1 is 1.07 bits per heavy atom. The molecule has 2 aromatic heterocycles. The van der Waals surface area contributed by atoms with Crippen LogP contribution in [0.5, 0.6) is 5.75 Å². The fourth-order valence-corrected chi connectivity index (χ4v) is 3.63. The molecule has 154 valence electrons. The Kier molecular flexibility index (Phi) is 4.65. The van der Waals surface area contributed by atoms with E-state index in [1.165, 1.54) is 7.05 Å². The summed E-state index contributed by atoms with van der Waals surface area (Å²) in [4.78, 5) is 34.3. The summed E-state index contributed by atoms with van der Waals surface area (Å²) in [5, 5.41) is -0.486. The zero-order valence-electron chi connectivity index (χ0n) is 14.7. The van der Waals surface area contributed by atoms with Crippen LogP contribution in [-0.4, -0.2) is 17.6 Å². The largest absolute Gasteiger partial charge is 0.423 e. The van der Waals surface area contributed by atoms with E-state index in [9.17, 15) is 36.0 Å². The lowest BCUT2D eigenvalue weighted by atomic mass is 10.1. The van der Waals surface area contributed by atoms with Crippen molar-refractivity contribution in [3.05, 3.63) is 67.3 Å². The number of halogens is 3. The van der Waals surface area contributed by atoms with Crippen molar-refractivity contribution >= 4 is 21.1 Å². The van der Waals surface area contributed by atoms with Crippen molar-refractivity contribution < 1.29 is 30.2 Å². The molecule has 2 heterocycles. The van der Waals surface area contributed by atoms with Crippen LogP contribution in [0.3, 0.4) is 0 Å². The third-order valence-corrected chi connectivity index (χ3v) is 5.14. The maximum Gasteiger partial charge on any atom is 0.417 e. The van der Waals surface area contributed by atoms with Crippen LogP contribution >= 0.6 is 0 Å². The third-order valence-electron chi connectivity index (χ3n) is 3.91. The molecule has 0 saturated heterocycles. The Labute approximate surface area is 159 Å². The summed E-state index contributed by atoms with van der Waals surface area (Å²) < 4.78 is 75.0. The van der Waals surface area contributed by atoms with Crippen LogP contribution in [0.1, 0.15) is 5.56 Å². The van der Waals surface area contributed by atoms with Crippen LogP contribution in [-0.2, 0) is 30.4 Å². The van der Waals surface area contributed by atoms with Crippen molar-refractivity contribution in [3.8, 4) is 5.75 Å². The highest BCUT2D eigenvalue weighted by molar-refractivity contribution is 7.87. The molecular formula is C16H11F3N2O7S. The van der Waals surface area contributed by atoms with Crippen LogP contribution in [0.2, 0.25) is 0 Å². The summed E-state index contributed by atoms with van der Waals surface area (Å²) >= 11 is 0. The van der Waals surface area contributed by atoms with Gasteiger partial charge in [0.2, 0.25) is 0 Å². The average Bonchev–Trinajstić information content (AvgIpc) is 2.60. The number of fused-ring (bicyclic) bond motifs is 1. The molecule has 9 nitrogen and oxygen atoms in total. The first-order valence-electron chi connectivity index (χ1n) is 7.67. The van der Waals surface area contributed by atoms with Gasteiger partial charge in [-0.05, 0) is 12.1 Å². The normalized spacial score (nSPS) is 12.3. The van der Waals surface area contributed by atoms with Crippen LogP contribution in [0, 0.1) is 0 Å². The molecule has 3 rings (SSSR count). The van der Waals surface area contributed by atoms with Gasteiger partial charge in [0, 0.05) is 37.8 Å². The van der Waals surface area contributed by atoms with Crippen LogP contribution in [0.25, 0.3) is 11.0 Å². The van der Waals surface area contributed by atoms with E-state index in [1.54, 1.807) is 0 Å². The predicted molar refractivity (Wildman–Crippen MR) is 92.2 cm³/mol. The lowest BCUT2D eigenvalue weighted by Gasteiger charge is -2.11. The Bertz CT molecular complexity index is 1420. The maximum atomic E-state index is 13.1. The van der Waals surface area contributed by atoms with Crippen LogP contribution in [0.4, 0.5) is 13.2 Å². The van der Waals surface area contributed by atoms with E-state index >= 15 is 0 Å². The summed E-state index contributed by atoms with van der Waals surface area (Å²) in [6.45, 7) is 0. The van der Waals surface area contributed by atoms with E-state index < -0.39 is 60.3 Å². The SMILES string of the molecule is Cn1cc(S(=O)(=O)Oc2ccc3c(C(F)(F)F)cc(=O)oc3c2)c(=O)n(C)c1=O. The van der Waals surface area contributed by atoms with Gasteiger partial charge in [0.25, 0.3) is 5.56 Å². The molecule has 0 bridgehead atoms.